The fraction of sp³-hybridized carbons (Fsp3) is 0.818. The fourth-order valence-corrected chi connectivity index (χ4v) is 1.98. The summed E-state index contributed by atoms with van der Waals surface area (Å²) in [7, 11) is 0. The van der Waals surface area contributed by atoms with E-state index in [0.717, 1.165) is 12.8 Å². The summed E-state index contributed by atoms with van der Waals surface area (Å²) in [4.78, 5) is 24.4. The molecule has 16 heavy (non-hydrogen) atoms. The minimum atomic E-state index is -0.807. The van der Waals surface area contributed by atoms with Crippen LogP contribution in [0.2, 0.25) is 0 Å². The van der Waals surface area contributed by atoms with Gasteiger partial charge in [-0.05, 0) is 26.2 Å². The molecule has 2 fully saturated rings. The summed E-state index contributed by atoms with van der Waals surface area (Å²) >= 11 is 0. The summed E-state index contributed by atoms with van der Waals surface area (Å²) in [6, 6.07) is 0.511. The molecule has 1 aliphatic carbocycles. The summed E-state index contributed by atoms with van der Waals surface area (Å²) < 4.78 is 0. The first kappa shape index (κ1) is 11.4. The number of likely N-dealkylation sites (tertiary alicyclic amines) is 1. The van der Waals surface area contributed by atoms with Crippen LogP contribution in [-0.4, -0.2) is 47.6 Å². The molecule has 1 atom stereocenters. The number of amides is 1. The Morgan fingerprint density at radius 1 is 1.50 bits per heavy atom. The molecular formula is C11H18N2O3. The van der Waals surface area contributed by atoms with Crippen LogP contribution in [0.4, 0.5) is 0 Å². The number of carbonyl (C=O) groups excluding carboxylic acids is 1. The zero-order valence-corrected chi connectivity index (χ0v) is 9.53. The largest absolute Gasteiger partial charge is 0.481 e. The molecule has 0 spiro atoms. The van der Waals surface area contributed by atoms with Crippen LogP contribution in [0.3, 0.4) is 0 Å². The maximum atomic E-state index is 11.8. The predicted molar refractivity (Wildman–Crippen MR) is 58.0 cm³/mol. The van der Waals surface area contributed by atoms with Crippen molar-refractivity contribution in [2.75, 3.05) is 19.6 Å². The van der Waals surface area contributed by atoms with Gasteiger partial charge in [0.1, 0.15) is 0 Å². The molecule has 0 radical (unpaired) electrons. The third kappa shape index (κ3) is 2.35. The monoisotopic (exact) mass is 226 g/mol. The maximum Gasteiger partial charge on any atom is 0.311 e. The molecule has 90 valence electrons. The topological polar surface area (TPSA) is 69.6 Å². The molecule has 1 saturated carbocycles. The van der Waals surface area contributed by atoms with E-state index in [9.17, 15) is 9.59 Å². The molecule has 0 bridgehead atoms. The van der Waals surface area contributed by atoms with Gasteiger partial charge in [0.2, 0.25) is 5.91 Å². The number of rotatable bonds is 4. The minimum Gasteiger partial charge on any atom is -0.481 e. The van der Waals surface area contributed by atoms with Crippen molar-refractivity contribution in [3.05, 3.63) is 0 Å². The molecule has 2 rings (SSSR count). The lowest BCUT2D eigenvalue weighted by atomic mass is 9.90. The molecule has 2 aliphatic rings. The van der Waals surface area contributed by atoms with Gasteiger partial charge in [-0.3, -0.25) is 9.59 Å². The Kier molecular flexibility index (Phi) is 2.88. The first-order valence-electron chi connectivity index (χ1n) is 5.76. The molecule has 1 aliphatic heterocycles. The second-order valence-corrected chi connectivity index (χ2v) is 5.09. The van der Waals surface area contributed by atoms with E-state index >= 15 is 0 Å². The van der Waals surface area contributed by atoms with Crippen LogP contribution < -0.4 is 5.32 Å². The Bertz CT molecular complexity index is 314. The van der Waals surface area contributed by atoms with E-state index in [1.54, 1.807) is 11.8 Å². The Hall–Kier alpha value is -1.10. The Morgan fingerprint density at radius 3 is 2.69 bits per heavy atom. The van der Waals surface area contributed by atoms with Gasteiger partial charge in [-0.2, -0.15) is 0 Å². The zero-order valence-electron chi connectivity index (χ0n) is 9.53. The summed E-state index contributed by atoms with van der Waals surface area (Å²) in [6.45, 7) is 2.96. The maximum absolute atomic E-state index is 11.8. The van der Waals surface area contributed by atoms with Gasteiger partial charge in [0.15, 0.2) is 0 Å². The van der Waals surface area contributed by atoms with Crippen molar-refractivity contribution in [1.29, 1.82) is 0 Å². The van der Waals surface area contributed by atoms with Gasteiger partial charge in [-0.15, -0.1) is 0 Å². The molecule has 0 aromatic rings. The number of hydrogen-bond donors (Lipinski definition) is 2. The third-order valence-corrected chi connectivity index (χ3v) is 3.46. The van der Waals surface area contributed by atoms with E-state index in [0.29, 0.717) is 32.1 Å². The number of aliphatic carboxylic acids is 1. The Morgan fingerprint density at radius 2 is 2.19 bits per heavy atom. The minimum absolute atomic E-state index is 0.0249. The summed E-state index contributed by atoms with van der Waals surface area (Å²) in [6.07, 6.45) is 2.86. The standard InChI is InChI=1S/C11H18N2O3/c1-11(10(15)16)4-5-13(7-11)9(14)6-12-8-2-3-8/h8,12H,2-7H2,1H3,(H,15,16). The second kappa shape index (κ2) is 4.05. The van der Waals surface area contributed by atoms with Crippen molar-refractivity contribution < 1.29 is 14.7 Å². The molecule has 0 aromatic heterocycles. The van der Waals surface area contributed by atoms with Crippen LogP contribution in [-0.2, 0) is 9.59 Å². The van der Waals surface area contributed by atoms with Crippen LogP contribution in [0.25, 0.3) is 0 Å². The zero-order chi connectivity index (χ0) is 11.8. The number of carboxylic acid groups (broad SMARTS) is 1. The van der Waals surface area contributed by atoms with Gasteiger partial charge in [-0.25, -0.2) is 0 Å². The fourth-order valence-electron chi connectivity index (χ4n) is 1.98. The van der Waals surface area contributed by atoms with E-state index < -0.39 is 11.4 Å². The van der Waals surface area contributed by atoms with E-state index in [2.05, 4.69) is 5.32 Å². The quantitative estimate of drug-likeness (QED) is 0.711. The summed E-state index contributed by atoms with van der Waals surface area (Å²) in [5, 5.41) is 12.2. The van der Waals surface area contributed by atoms with Gasteiger partial charge >= 0.3 is 5.97 Å². The van der Waals surface area contributed by atoms with Gasteiger partial charge in [0.05, 0.1) is 12.0 Å². The smallest absolute Gasteiger partial charge is 0.311 e. The first-order chi connectivity index (χ1) is 7.51. The van der Waals surface area contributed by atoms with Crippen molar-refractivity contribution in [2.45, 2.75) is 32.2 Å². The Balaban J connectivity index is 1.82. The summed E-state index contributed by atoms with van der Waals surface area (Å²) in [5.74, 6) is -0.783. The highest BCUT2D eigenvalue weighted by Crippen LogP contribution is 2.30. The van der Waals surface area contributed by atoms with E-state index in [-0.39, 0.29) is 5.91 Å². The van der Waals surface area contributed by atoms with E-state index in [1.165, 1.54) is 0 Å². The highest BCUT2D eigenvalue weighted by molar-refractivity contribution is 5.81. The number of hydrogen-bond acceptors (Lipinski definition) is 3. The van der Waals surface area contributed by atoms with Gasteiger partial charge in [0, 0.05) is 19.1 Å². The van der Waals surface area contributed by atoms with Crippen LogP contribution in [0.5, 0.6) is 0 Å². The highest BCUT2D eigenvalue weighted by Gasteiger charge is 2.42. The summed E-state index contributed by atoms with van der Waals surface area (Å²) in [5.41, 5.74) is -0.755. The normalized spacial score (nSPS) is 29.4. The van der Waals surface area contributed by atoms with E-state index in [1.807, 2.05) is 0 Å². The molecule has 5 heteroatoms. The molecule has 0 aromatic carbocycles. The van der Waals surface area contributed by atoms with Gasteiger partial charge in [-0.1, -0.05) is 0 Å². The van der Waals surface area contributed by atoms with Crippen molar-refractivity contribution >= 4 is 11.9 Å². The lowest BCUT2D eigenvalue weighted by Gasteiger charge is -2.20. The van der Waals surface area contributed by atoms with Crippen molar-refractivity contribution in [1.82, 2.24) is 10.2 Å². The van der Waals surface area contributed by atoms with Crippen LogP contribution in [0.1, 0.15) is 26.2 Å². The highest BCUT2D eigenvalue weighted by atomic mass is 16.4. The molecule has 5 nitrogen and oxygen atoms in total. The van der Waals surface area contributed by atoms with Crippen LogP contribution in [0, 0.1) is 5.41 Å². The molecule has 1 amide bonds. The lowest BCUT2D eigenvalue weighted by Crippen LogP contribution is -2.39. The third-order valence-electron chi connectivity index (χ3n) is 3.46. The number of carboxylic acids is 1. The molecular weight excluding hydrogens is 208 g/mol. The van der Waals surface area contributed by atoms with E-state index in [4.69, 9.17) is 5.11 Å². The number of nitrogens with one attached hydrogen (secondary N) is 1. The molecule has 2 N–H and O–H groups in total. The lowest BCUT2D eigenvalue weighted by molar-refractivity contribution is -0.147. The average Bonchev–Trinajstić information content (AvgIpc) is 2.97. The van der Waals surface area contributed by atoms with Crippen molar-refractivity contribution in [3.63, 3.8) is 0 Å². The molecule has 1 unspecified atom stereocenters. The van der Waals surface area contributed by atoms with Crippen LogP contribution in [0.15, 0.2) is 0 Å². The second-order valence-electron chi connectivity index (χ2n) is 5.09. The molecule has 1 saturated heterocycles. The Labute approximate surface area is 94.8 Å². The van der Waals surface area contributed by atoms with Crippen LogP contribution >= 0.6 is 0 Å². The average molecular weight is 226 g/mol. The predicted octanol–water partition coefficient (Wildman–Crippen LogP) is 0.0616. The van der Waals surface area contributed by atoms with Gasteiger partial charge in [0.25, 0.3) is 0 Å². The molecule has 1 heterocycles. The van der Waals surface area contributed by atoms with Crippen molar-refractivity contribution in [3.8, 4) is 0 Å². The first-order valence-corrected chi connectivity index (χ1v) is 5.76. The van der Waals surface area contributed by atoms with Crippen molar-refractivity contribution in [2.24, 2.45) is 5.41 Å². The number of nitrogens with zero attached hydrogens (tertiary/aromatic N) is 1. The van der Waals surface area contributed by atoms with Gasteiger partial charge < -0.3 is 15.3 Å². The SMILES string of the molecule is CC1(C(=O)O)CCN(C(=O)CNC2CC2)C1. The number of carbonyl (C=O) groups is 2.